The first-order chi connectivity index (χ1) is 12.8. The van der Waals surface area contributed by atoms with E-state index in [1.54, 1.807) is 11.3 Å². The van der Waals surface area contributed by atoms with Crippen molar-refractivity contribution < 1.29 is 4.74 Å². The van der Waals surface area contributed by atoms with Crippen LogP contribution in [-0.4, -0.2) is 55.7 Å². The van der Waals surface area contributed by atoms with Crippen LogP contribution in [0.3, 0.4) is 0 Å². The monoisotopic (exact) mass is 498 g/mol. The molecule has 2 aromatic rings. The van der Waals surface area contributed by atoms with Gasteiger partial charge in [0.2, 0.25) is 0 Å². The molecule has 2 fully saturated rings. The zero-order valence-corrected chi connectivity index (χ0v) is 18.8. The third kappa shape index (κ3) is 4.81. The smallest absolute Gasteiger partial charge is 0.193 e. The minimum atomic E-state index is 0. The van der Waals surface area contributed by atoms with Crippen LogP contribution in [0.25, 0.3) is 10.6 Å². The van der Waals surface area contributed by atoms with Gasteiger partial charge in [0.25, 0.3) is 0 Å². The van der Waals surface area contributed by atoms with E-state index >= 15 is 0 Å². The van der Waals surface area contributed by atoms with Gasteiger partial charge in [0, 0.05) is 56.1 Å². The Bertz CT molecular complexity index is 758. The summed E-state index contributed by atoms with van der Waals surface area (Å²) in [6, 6.07) is 10.4. The molecule has 1 unspecified atom stereocenters. The molecule has 0 amide bonds. The Morgan fingerprint density at radius 2 is 2.19 bits per heavy atom. The summed E-state index contributed by atoms with van der Waals surface area (Å²) in [4.78, 5) is 11.6. The number of likely N-dealkylation sites (tertiary alicyclic amines) is 1. The number of aliphatic imine (C=N–C) groups is 1. The maximum absolute atomic E-state index is 5.63. The number of thiazole rings is 1. The molecule has 0 aliphatic carbocycles. The van der Waals surface area contributed by atoms with Gasteiger partial charge in [-0.3, -0.25) is 4.99 Å². The fourth-order valence-electron chi connectivity index (χ4n) is 3.86. The number of benzene rings is 1. The average molecular weight is 498 g/mol. The van der Waals surface area contributed by atoms with E-state index in [0.29, 0.717) is 5.41 Å². The van der Waals surface area contributed by atoms with Crippen molar-refractivity contribution in [1.29, 1.82) is 0 Å². The number of nitrogens with zero attached hydrogens (tertiary/aromatic N) is 3. The Morgan fingerprint density at radius 1 is 1.33 bits per heavy atom. The van der Waals surface area contributed by atoms with E-state index in [4.69, 9.17) is 9.72 Å². The number of guanidine groups is 1. The van der Waals surface area contributed by atoms with E-state index in [9.17, 15) is 0 Å². The van der Waals surface area contributed by atoms with Crippen molar-refractivity contribution in [2.45, 2.75) is 19.3 Å². The van der Waals surface area contributed by atoms with Gasteiger partial charge in [-0.2, -0.15) is 0 Å². The molecule has 2 saturated heterocycles. The summed E-state index contributed by atoms with van der Waals surface area (Å²) in [5, 5.41) is 6.77. The molecule has 1 spiro atoms. The predicted octanol–water partition coefficient (Wildman–Crippen LogP) is 3.66. The first-order valence-corrected chi connectivity index (χ1v) is 10.2. The van der Waals surface area contributed by atoms with Crippen LogP contribution < -0.4 is 5.32 Å². The first kappa shape index (κ1) is 20.5. The molecule has 1 N–H and O–H groups in total. The molecule has 4 rings (SSSR count). The van der Waals surface area contributed by atoms with Gasteiger partial charge in [-0.15, -0.1) is 35.3 Å². The summed E-state index contributed by atoms with van der Waals surface area (Å²) in [7, 11) is 1.87. The Morgan fingerprint density at radius 3 is 2.93 bits per heavy atom. The van der Waals surface area contributed by atoms with Gasteiger partial charge in [-0.1, -0.05) is 30.3 Å². The number of aromatic nitrogens is 1. The van der Waals surface area contributed by atoms with E-state index in [2.05, 4.69) is 44.9 Å². The number of hydrogen-bond acceptors (Lipinski definition) is 4. The maximum Gasteiger partial charge on any atom is 0.193 e. The number of nitrogens with one attached hydrogen (secondary N) is 1. The Balaban J connectivity index is 0.00000210. The molecule has 7 heteroatoms. The van der Waals surface area contributed by atoms with Gasteiger partial charge < -0.3 is 15.0 Å². The molecule has 1 aromatic carbocycles. The molecule has 146 valence electrons. The molecule has 1 atom stereocenters. The second kappa shape index (κ2) is 9.34. The normalized spacial score (nSPS) is 22.3. The lowest BCUT2D eigenvalue weighted by Gasteiger charge is -2.24. The summed E-state index contributed by atoms with van der Waals surface area (Å²) in [6.07, 6.45) is 3.30. The molecule has 0 saturated carbocycles. The van der Waals surface area contributed by atoms with Crippen LogP contribution in [-0.2, 0) is 11.2 Å². The van der Waals surface area contributed by atoms with Gasteiger partial charge in [0.05, 0.1) is 12.3 Å². The summed E-state index contributed by atoms with van der Waals surface area (Å²) >= 11 is 1.71. The van der Waals surface area contributed by atoms with Crippen LogP contribution in [0.5, 0.6) is 0 Å². The molecule has 2 aliphatic heterocycles. The van der Waals surface area contributed by atoms with Crippen LogP contribution >= 0.6 is 35.3 Å². The molecular weight excluding hydrogens is 471 g/mol. The number of rotatable bonds is 4. The average Bonchev–Trinajstić information content (AvgIpc) is 3.42. The maximum atomic E-state index is 5.63. The van der Waals surface area contributed by atoms with Gasteiger partial charge in [0.15, 0.2) is 5.96 Å². The lowest BCUT2D eigenvalue weighted by atomic mass is 9.87. The van der Waals surface area contributed by atoms with Crippen LogP contribution in [0.1, 0.15) is 18.5 Å². The van der Waals surface area contributed by atoms with Crippen LogP contribution in [0.4, 0.5) is 0 Å². The summed E-state index contributed by atoms with van der Waals surface area (Å²) in [5.74, 6) is 1.01. The fourth-order valence-corrected chi connectivity index (χ4v) is 4.72. The summed E-state index contributed by atoms with van der Waals surface area (Å²) in [5.41, 5.74) is 2.68. The van der Waals surface area contributed by atoms with Crippen molar-refractivity contribution in [2.75, 3.05) is 39.9 Å². The highest BCUT2D eigenvalue weighted by Crippen LogP contribution is 2.38. The van der Waals surface area contributed by atoms with Crippen molar-refractivity contribution >= 4 is 41.3 Å². The highest BCUT2D eigenvalue weighted by molar-refractivity contribution is 14.0. The zero-order valence-electron chi connectivity index (χ0n) is 15.7. The van der Waals surface area contributed by atoms with Gasteiger partial charge in [-0.05, 0) is 12.8 Å². The Hall–Kier alpha value is -1.19. The Labute approximate surface area is 182 Å². The fraction of sp³-hybridized carbons (Fsp3) is 0.500. The van der Waals surface area contributed by atoms with E-state index in [-0.39, 0.29) is 24.0 Å². The molecule has 5 nitrogen and oxygen atoms in total. The Kier molecular flexibility index (Phi) is 7.10. The highest BCUT2D eigenvalue weighted by atomic mass is 127. The highest BCUT2D eigenvalue weighted by Gasteiger charge is 2.42. The molecule has 0 bridgehead atoms. The quantitative estimate of drug-likeness (QED) is 0.397. The largest absolute Gasteiger partial charge is 0.381 e. The predicted molar refractivity (Wildman–Crippen MR) is 122 cm³/mol. The molecule has 0 radical (unpaired) electrons. The van der Waals surface area contributed by atoms with Crippen molar-refractivity contribution in [3.63, 3.8) is 0 Å². The van der Waals surface area contributed by atoms with Crippen molar-refractivity contribution in [2.24, 2.45) is 10.4 Å². The standard InChI is InChI=1S/C20H26N4OS.HI/c1-21-19(24-11-8-20(14-24)9-12-25-15-20)22-10-7-17-13-26-18(23-17)16-5-3-2-4-6-16;/h2-6,13H,7-12,14-15H2,1H3,(H,21,22);1H. The van der Waals surface area contributed by atoms with Gasteiger partial charge in [-0.25, -0.2) is 4.98 Å². The molecule has 2 aliphatic rings. The van der Waals surface area contributed by atoms with Crippen LogP contribution in [0.15, 0.2) is 40.7 Å². The lowest BCUT2D eigenvalue weighted by Crippen LogP contribution is -2.42. The van der Waals surface area contributed by atoms with Crippen LogP contribution in [0.2, 0.25) is 0 Å². The van der Waals surface area contributed by atoms with Crippen molar-refractivity contribution in [3.05, 3.63) is 41.4 Å². The van der Waals surface area contributed by atoms with Crippen LogP contribution in [0, 0.1) is 5.41 Å². The minimum Gasteiger partial charge on any atom is -0.381 e. The van der Waals surface area contributed by atoms with Gasteiger partial charge in [0.1, 0.15) is 5.01 Å². The van der Waals surface area contributed by atoms with E-state index in [0.717, 1.165) is 55.9 Å². The topological polar surface area (TPSA) is 49.8 Å². The molecular formula is C20H27IN4OS. The second-order valence-corrected chi connectivity index (χ2v) is 8.07. The second-order valence-electron chi connectivity index (χ2n) is 7.21. The number of ether oxygens (including phenoxy) is 1. The van der Waals surface area contributed by atoms with Crippen molar-refractivity contribution in [3.8, 4) is 10.6 Å². The van der Waals surface area contributed by atoms with E-state index < -0.39 is 0 Å². The first-order valence-electron chi connectivity index (χ1n) is 9.31. The third-order valence-electron chi connectivity index (χ3n) is 5.37. The molecule has 1 aromatic heterocycles. The number of hydrogen-bond donors (Lipinski definition) is 1. The van der Waals surface area contributed by atoms with E-state index in [1.807, 2.05) is 13.1 Å². The summed E-state index contributed by atoms with van der Waals surface area (Å²) in [6.45, 7) is 4.79. The van der Waals surface area contributed by atoms with Crippen molar-refractivity contribution in [1.82, 2.24) is 15.2 Å². The van der Waals surface area contributed by atoms with E-state index in [1.165, 1.54) is 18.4 Å². The third-order valence-corrected chi connectivity index (χ3v) is 6.31. The van der Waals surface area contributed by atoms with Gasteiger partial charge >= 0.3 is 0 Å². The molecule has 3 heterocycles. The zero-order chi connectivity index (χ0) is 17.8. The lowest BCUT2D eigenvalue weighted by molar-refractivity contribution is 0.156. The summed E-state index contributed by atoms with van der Waals surface area (Å²) < 4.78 is 5.63. The molecule has 27 heavy (non-hydrogen) atoms. The SMILES string of the molecule is CN=C(NCCc1csc(-c2ccccc2)n1)N1CCC2(CCOC2)C1.I. The number of halogens is 1. The minimum absolute atomic E-state index is 0.